The Morgan fingerprint density at radius 3 is 2.59 bits per heavy atom. The van der Waals surface area contributed by atoms with Crippen LogP contribution >= 0.6 is 0 Å². The Hall–Kier alpha value is -1.55. The molecule has 17 heavy (non-hydrogen) atoms. The standard InChI is InChI=1S/C13H21N3O/c1-3-11(4-2)15-9-10-7-5-6-8-12(10)13(14)16-17/h5-8,11,15,17H,3-4,9H2,1-2H3,(H2,14,16). The summed E-state index contributed by atoms with van der Waals surface area (Å²) < 4.78 is 0. The van der Waals surface area contributed by atoms with Crippen molar-refractivity contribution < 1.29 is 5.21 Å². The minimum atomic E-state index is 0.159. The van der Waals surface area contributed by atoms with Gasteiger partial charge in [0.15, 0.2) is 5.84 Å². The summed E-state index contributed by atoms with van der Waals surface area (Å²) in [5, 5.41) is 15.2. The Labute approximate surface area is 103 Å². The maximum Gasteiger partial charge on any atom is 0.170 e. The molecule has 1 aromatic carbocycles. The van der Waals surface area contributed by atoms with Crippen LogP contribution in [0.2, 0.25) is 0 Å². The predicted molar refractivity (Wildman–Crippen MR) is 70.2 cm³/mol. The van der Waals surface area contributed by atoms with E-state index in [9.17, 15) is 0 Å². The number of nitrogens with one attached hydrogen (secondary N) is 1. The van der Waals surface area contributed by atoms with Crippen molar-refractivity contribution in [2.24, 2.45) is 10.9 Å². The van der Waals surface area contributed by atoms with Crippen molar-refractivity contribution in [3.63, 3.8) is 0 Å². The summed E-state index contributed by atoms with van der Waals surface area (Å²) in [5.41, 5.74) is 7.47. The number of rotatable bonds is 6. The second-order valence-corrected chi connectivity index (χ2v) is 4.04. The third-order valence-corrected chi connectivity index (χ3v) is 2.97. The highest BCUT2D eigenvalue weighted by Crippen LogP contribution is 2.09. The van der Waals surface area contributed by atoms with Gasteiger partial charge in [0.2, 0.25) is 0 Å². The lowest BCUT2D eigenvalue weighted by Gasteiger charge is -2.16. The van der Waals surface area contributed by atoms with E-state index < -0.39 is 0 Å². The van der Waals surface area contributed by atoms with Crippen LogP contribution in [0.5, 0.6) is 0 Å². The molecule has 0 saturated heterocycles. The highest BCUT2D eigenvalue weighted by molar-refractivity contribution is 5.98. The smallest absolute Gasteiger partial charge is 0.170 e. The van der Waals surface area contributed by atoms with Gasteiger partial charge in [0.1, 0.15) is 0 Å². The van der Waals surface area contributed by atoms with Gasteiger partial charge in [-0.25, -0.2) is 0 Å². The van der Waals surface area contributed by atoms with E-state index in [0.29, 0.717) is 6.04 Å². The van der Waals surface area contributed by atoms with Crippen LogP contribution in [0.4, 0.5) is 0 Å². The average molecular weight is 235 g/mol. The lowest BCUT2D eigenvalue weighted by Crippen LogP contribution is -2.28. The molecule has 4 N–H and O–H groups in total. The van der Waals surface area contributed by atoms with Crippen LogP contribution in [0.1, 0.15) is 37.8 Å². The minimum absolute atomic E-state index is 0.159. The lowest BCUT2D eigenvalue weighted by molar-refractivity contribution is 0.318. The Morgan fingerprint density at radius 2 is 2.00 bits per heavy atom. The fraction of sp³-hybridized carbons (Fsp3) is 0.462. The van der Waals surface area contributed by atoms with Gasteiger partial charge in [0, 0.05) is 18.2 Å². The molecule has 0 spiro atoms. The number of oxime groups is 1. The molecule has 0 bridgehead atoms. The molecule has 0 heterocycles. The Kier molecular flexibility index (Phi) is 5.49. The molecule has 0 unspecified atom stereocenters. The quantitative estimate of drug-likeness (QED) is 0.306. The van der Waals surface area contributed by atoms with E-state index in [1.54, 1.807) is 0 Å². The summed E-state index contributed by atoms with van der Waals surface area (Å²) in [7, 11) is 0. The van der Waals surface area contributed by atoms with Gasteiger partial charge in [0.25, 0.3) is 0 Å². The first-order valence-corrected chi connectivity index (χ1v) is 6.02. The van der Waals surface area contributed by atoms with Crippen molar-refractivity contribution in [3.8, 4) is 0 Å². The number of benzene rings is 1. The molecule has 0 aliphatic rings. The van der Waals surface area contributed by atoms with Crippen molar-refractivity contribution >= 4 is 5.84 Å². The third kappa shape index (κ3) is 3.75. The van der Waals surface area contributed by atoms with Crippen molar-refractivity contribution in [3.05, 3.63) is 35.4 Å². The predicted octanol–water partition coefficient (Wildman–Crippen LogP) is 2.06. The number of hydrogen-bond acceptors (Lipinski definition) is 3. The van der Waals surface area contributed by atoms with E-state index in [-0.39, 0.29) is 5.84 Å². The first-order valence-electron chi connectivity index (χ1n) is 6.02. The van der Waals surface area contributed by atoms with Crippen LogP contribution in [-0.2, 0) is 6.54 Å². The topological polar surface area (TPSA) is 70.6 Å². The molecule has 4 nitrogen and oxygen atoms in total. The van der Waals surface area contributed by atoms with Crippen LogP contribution in [0.15, 0.2) is 29.4 Å². The molecular weight excluding hydrogens is 214 g/mol. The number of amidine groups is 1. The maximum atomic E-state index is 8.72. The molecule has 0 saturated carbocycles. The lowest BCUT2D eigenvalue weighted by atomic mass is 10.1. The first kappa shape index (κ1) is 13.5. The number of nitrogens with zero attached hydrogens (tertiary/aromatic N) is 1. The fourth-order valence-electron chi connectivity index (χ4n) is 1.81. The Bertz CT molecular complexity index is 373. The van der Waals surface area contributed by atoms with Gasteiger partial charge in [-0.1, -0.05) is 43.3 Å². The molecule has 0 aliphatic carbocycles. The second kappa shape index (κ2) is 6.91. The highest BCUT2D eigenvalue weighted by atomic mass is 16.4. The van der Waals surface area contributed by atoms with Gasteiger partial charge < -0.3 is 16.3 Å². The maximum absolute atomic E-state index is 8.72. The van der Waals surface area contributed by atoms with E-state index >= 15 is 0 Å². The van der Waals surface area contributed by atoms with Crippen molar-refractivity contribution in [2.75, 3.05) is 0 Å². The summed E-state index contributed by atoms with van der Waals surface area (Å²) >= 11 is 0. The summed E-state index contributed by atoms with van der Waals surface area (Å²) in [6.45, 7) is 5.06. The molecular formula is C13H21N3O. The van der Waals surface area contributed by atoms with Crippen LogP contribution in [0.3, 0.4) is 0 Å². The largest absolute Gasteiger partial charge is 0.409 e. The summed E-state index contributed by atoms with van der Waals surface area (Å²) in [4.78, 5) is 0. The van der Waals surface area contributed by atoms with Crippen molar-refractivity contribution in [1.82, 2.24) is 5.32 Å². The number of hydrogen-bond donors (Lipinski definition) is 3. The van der Waals surface area contributed by atoms with Gasteiger partial charge in [-0.3, -0.25) is 0 Å². The van der Waals surface area contributed by atoms with Crippen molar-refractivity contribution in [2.45, 2.75) is 39.3 Å². The molecule has 94 valence electrons. The molecule has 0 radical (unpaired) electrons. The normalized spacial score (nSPS) is 12.1. The van der Waals surface area contributed by atoms with E-state index in [1.807, 2.05) is 24.3 Å². The van der Waals surface area contributed by atoms with Gasteiger partial charge in [-0.05, 0) is 18.4 Å². The molecule has 0 aliphatic heterocycles. The fourth-order valence-corrected chi connectivity index (χ4v) is 1.81. The van der Waals surface area contributed by atoms with Crippen LogP contribution in [0, 0.1) is 0 Å². The van der Waals surface area contributed by atoms with E-state index in [0.717, 1.165) is 30.5 Å². The average Bonchev–Trinajstić information content (AvgIpc) is 2.39. The van der Waals surface area contributed by atoms with Gasteiger partial charge in [-0.15, -0.1) is 0 Å². The summed E-state index contributed by atoms with van der Waals surface area (Å²) in [6.07, 6.45) is 2.20. The molecule has 0 amide bonds. The van der Waals surface area contributed by atoms with Gasteiger partial charge in [0.05, 0.1) is 0 Å². The van der Waals surface area contributed by atoms with Crippen LogP contribution < -0.4 is 11.1 Å². The molecule has 0 aromatic heterocycles. The van der Waals surface area contributed by atoms with E-state index in [1.165, 1.54) is 0 Å². The summed E-state index contributed by atoms with van der Waals surface area (Å²) in [5.74, 6) is 0.159. The molecule has 1 aromatic rings. The van der Waals surface area contributed by atoms with E-state index in [4.69, 9.17) is 10.9 Å². The van der Waals surface area contributed by atoms with Crippen LogP contribution in [-0.4, -0.2) is 17.1 Å². The van der Waals surface area contributed by atoms with Crippen LogP contribution in [0.25, 0.3) is 0 Å². The zero-order chi connectivity index (χ0) is 12.7. The molecule has 1 rings (SSSR count). The SMILES string of the molecule is CCC(CC)NCc1ccccc1C(N)=NO. The Morgan fingerprint density at radius 1 is 1.35 bits per heavy atom. The third-order valence-electron chi connectivity index (χ3n) is 2.97. The Balaban J connectivity index is 2.77. The zero-order valence-electron chi connectivity index (χ0n) is 10.5. The second-order valence-electron chi connectivity index (χ2n) is 4.04. The molecule has 0 atom stereocenters. The molecule has 4 heteroatoms. The first-order chi connectivity index (χ1) is 8.22. The minimum Gasteiger partial charge on any atom is -0.409 e. The van der Waals surface area contributed by atoms with Gasteiger partial charge in [-0.2, -0.15) is 0 Å². The van der Waals surface area contributed by atoms with Crippen molar-refractivity contribution in [1.29, 1.82) is 0 Å². The van der Waals surface area contributed by atoms with Gasteiger partial charge >= 0.3 is 0 Å². The number of nitrogens with two attached hydrogens (primary N) is 1. The molecule has 0 fully saturated rings. The van der Waals surface area contributed by atoms with E-state index in [2.05, 4.69) is 24.3 Å². The zero-order valence-corrected chi connectivity index (χ0v) is 10.5. The summed E-state index contributed by atoms with van der Waals surface area (Å²) in [6, 6.07) is 8.20. The monoisotopic (exact) mass is 235 g/mol. The highest BCUT2D eigenvalue weighted by Gasteiger charge is 2.08.